The topological polar surface area (TPSA) is 73.9 Å². The number of piperidine rings is 1. The summed E-state index contributed by atoms with van der Waals surface area (Å²) in [5.74, 6) is -0.979. The minimum atomic E-state index is -4.49. The highest BCUT2D eigenvalue weighted by Gasteiger charge is 2.32. The maximum absolute atomic E-state index is 12.4. The van der Waals surface area contributed by atoms with Gasteiger partial charge in [0.1, 0.15) is 6.42 Å². The summed E-state index contributed by atoms with van der Waals surface area (Å²) >= 11 is 0. The number of aromatic nitrogens is 3. The van der Waals surface area contributed by atoms with E-state index in [0.717, 1.165) is 34.9 Å². The number of carbonyl (C=O) groups is 1. The van der Waals surface area contributed by atoms with Crippen LogP contribution in [0.15, 0.2) is 30.7 Å². The summed E-state index contributed by atoms with van der Waals surface area (Å²) in [6.45, 7) is 1.23. The summed E-state index contributed by atoms with van der Waals surface area (Å²) in [6.07, 6.45) is 0.736. The molecule has 0 bridgehead atoms. The molecule has 1 aliphatic rings. The minimum absolute atomic E-state index is 0.317. The van der Waals surface area contributed by atoms with Crippen molar-refractivity contribution >= 4 is 33.5 Å². The largest absolute Gasteiger partial charge is 0.397 e. The lowest BCUT2D eigenvalue weighted by atomic mass is 10.0. The van der Waals surface area contributed by atoms with Gasteiger partial charge in [-0.05, 0) is 25.0 Å². The normalized spacial score (nSPS) is 18.2. The molecule has 0 aromatic carbocycles. The maximum atomic E-state index is 12.4. The number of alkyl halides is 3. The fourth-order valence-electron chi connectivity index (χ4n) is 3.68. The standard InChI is InChI=1S/C18H18F3N5O/c19-18(20,21)8-15(27)25-11-2-1-7-26(10-11)14-4-6-22-13-9-24-17-12(16(13)14)3-5-23-17/h3-6,9,11,22H,1-2,7-8,10H2,(H,25,27). The van der Waals surface area contributed by atoms with Crippen molar-refractivity contribution in [3.63, 3.8) is 0 Å². The number of anilines is 1. The van der Waals surface area contributed by atoms with Crippen LogP contribution in [0.3, 0.4) is 0 Å². The van der Waals surface area contributed by atoms with E-state index in [1.807, 2.05) is 18.3 Å². The van der Waals surface area contributed by atoms with Gasteiger partial charge in [-0.15, -0.1) is 0 Å². The molecule has 1 amide bonds. The Kier molecular flexibility index (Phi) is 4.37. The van der Waals surface area contributed by atoms with Gasteiger partial charge in [0.05, 0.1) is 11.7 Å². The quantitative estimate of drug-likeness (QED) is 0.735. The monoisotopic (exact) mass is 377 g/mol. The molecule has 1 saturated heterocycles. The van der Waals surface area contributed by atoms with E-state index < -0.39 is 18.5 Å². The van der Waals surface area contributed by atoms with Crippen LogP contribution in [0, 0.1) is 0 Å². The number of rotatable bonds is 3. The summed E-state index contributed by atoms with van der Waals surface area (Å²) in [5, 5.41) is 4.42. The van der Waals surface area contributed by atoms with E-state index in [1.165, 1.54) is 0 Å². The SMILES string of the molecule is O=C(CC(F)(F)F)NC1CCCN(c2cc[nH]c3cnc4nccc4c23)C1. The zero-order valence-corrected chi connectivity index (χ0v) is 14.4. The van der Waals surface area contributed by atoms with Gasteiger partial charge < -0.3 is 15.2 Å². The van der Waals surface area contributed by atoms with E-state index in [0.29, 0.717) is 18.6 Å². The van der Waals surface area contributed by atoms with Crippen molar-refractivity contribution in [3.05, 3.63) is 30.7 Å². The maximum Gasteiger partial charge on any atom is 0.397 e. The molecule has 1 fully saturated rings. The second kappa shape index (κ2) is 6.71. The van der Waals surface area contributed by atoms with Crippen molar-refractivity contribution in [1.82, 2.24) is 20.3 Å². The predicted octanol–water partition coefficient (Wildman–Crippen LogP) is 3.15. The molecule has 0 spiro atoms. The minimum Gasteiger partial charge on any atom is -0.369 e. The van der Waals surface area contributed by atoms with Crippen LogP contribution in [0.2, 0.25) is 0 Å². The predicted molar refractivity (Wildman–Crippen MR) is 95.4 cm³/mol. The van der Waals surface area contributed by atoms with Gasteiger partial charge in [0.15, 0.2) is 5.65 Å². The van der Waals surface area contributed by atoms with E-state index in [4.69, 9.17) is 0 Å². The molecular weight excluding hydrogens is 359 g/mol. The molecular formula is C18H18F3N5O. The molecule has 3 aromatic heterocycles. The van der Waals surface area contributed by atoms with Crippen LogP contribution in [0.1, 0.15) is 19.3 Å². The molecule has 6 nitrogen and oxygen atoms in total. The number of pyridine rings is 2. The second-order valence-electron chi connectivity index (χ2n) is 6.74. The summed E-state index contributed by atoms with van der Waals surface area (Å²) in [6, 6.07) is 3.52. The Balaban J connectivity index is 1.60. The van der Waals surface area contributed by atoms with Crippen molar-refractivity contribution in [1.29, 1.82) is 0 Å². The van der Waals surface area contributed by atoms with Crippen molar-refractivity contribution < 1.29 is 18.0 Å². The zero-order valence-electron chi connectivity index (χ0n) is 14.4. The Bertz CT molecular complexity index is 984. The van der Waals surface area contributed by atoms with Gasteiger partial charge >= 0.3 is 6.18 Å². The van der Waals surface area contributed by atoms with E-state index in [2.05, 4.69) is 25.2 Å². The van der Waals surface area contributed by atoms with Crippen molar-refractivity contribution in [2.75, 3.05) is 18.0 Å². The van der Waals surface area contributed by atoms with Crippen molar-refractivity contribution in [2.24, 2.45) is 0 Å². The molecule has 2 N–H and O–H groups in total. The fourth-order valence-corrected chi connectivity index (χ4v) is 3.68. The van der Waals surface area contributed by atoms with E-state index in [9.17, 15) is 18.0 Å². The third-order valence-electron chi connectivity index (χ3n) is 4.76. The summed E-state index contributed by atoms with van der Waals surface area (Å²) < 4.78 is 37.2. The molecule has 1 unspecified atom stereocenters. The Morgan fingerprint density at radius 3 is 3.00 bits per heavy atom. The highest BCUT2D eigenvalue weighted by Crippen LogP contribution is 2.32. The first-order valence-electron chi connectivity index (χ1n) is 8.72. The summed E-state index contributed by atoms with van der Waals surface area (Å²) in [5.41, 5.74) is 2.46. The molecule has 0 radical (unpaired) electrons. The number of fused-ring (bicyclic) bond motifs is 3. The average molecular weight is 377 g/mol. The molecule has 0 saturated carbocycles. The number of hydrogen-bond acceptors (Lipinski definition) is 4. The Morgan fingerprint density at radius 1 is 1.33 bits per heavy atom. The first-order valence-corrected chi connectivity index (χ1v) is 8.72. The lowest BCUT2D eigenvalue weighted by Gasteiger charge is -2.35. The molecule has 1 aliphatic heterocycles. The number of amides is 1. The molecule has 27 heavy (non-hydrogen) atoms. The highest BCUT2D eigenvalue weighted by atomic mass is 19.4. The van der Waals surface area contributed by atoms with E-state index >= 15 is 0 Å². The fraction of sp³-hybridized carbons (Fsp3) is 0.389. The number of nitrogens with zero attached hydrogens (tertiary/aromatic N) is 3. The van der Waals surface area contributed by atoms with Crippen LogP contribution in [-0.2, 0) is 4.79 Å². The van der Waals surface area contributed by atoms with Gasteiger partial charge in [0, 0.05) is 48.0 Å². The number of nitrogens with one attached hydrogen (secondary N) is 2. The molecule has 9 heteroatoms. The average Bonchev–Trinajstić information content (AvgIpc) is 3.08. The third-order valence-corrected chi connectivity index (χ3v) is 4.76. The summed E-state index contributed by atoms with van der Waals surface area (Å²) in [4.78, 5) is 25.5. The van der Waals surface area contributed by atoms with Gasteiger partial charge in [-0.1, -0.05) is 0 Å². The number of H-pyrrole nitrogens is 1. The van der Waals surface area contributed by atoms with Crippen molar-refractivity contribution in [3.8, 4) is 0 Å². The molecule has 1 atom stereocenters. The van der Waals surface area contributed by atoms with Crippen LogP contribution in [0.25, 0.3) is 21.9 Å². The van der Waals surface area contributed by atoms with Crippen molar-refractivity contribution in [2.45, 2.75) is 31.5 Å². The van der Waals surface area contributed by atoms with Crippen LogP contribution >= 0.6 is 0 Å². The molecule has 3 aromatic rings. The lowest BCUT2D eigenvalue weighted by molar-refractivity contribution is -0.154. The highest BCUT2D eigenvalue weighted by molar-refractivity contribution is 6.10. The molecule has 0 aliphatic carbocycles. The number of carbonyl (C=O) groups excluding carboxylic acids is 1. The smallest absolute Gasteiger partial charge is 0.369 e. The first kappa shape index (κ1) is 17.6. The van der Waals surface area contributed by atoms with Crippen LogP contribution in [-0.4, -0.2) is 46.2 Å². The zero-order chi connectivity index (χ0) is 19.0. The Hall–Kier alpha value is -2.84. The van der Waals surface area contributed by atoms with Crippen LogP contribution in [0.4, 0.5) is 18.9 Å². The van der Waals surface area contributed by atoms with E-state index in [1.54, 1.807) is 12.4 Å². The van der Waals surface area contributed by atoms with Gasteiger partial charge in [0.25, 0.3) is 0 Å². The molecule has 4 rings (SSSR count). The second-order valence-corrected chi connectivity index (χ2v) is 6.74. The van der Waals surface area contributed by atoms with Gasteiger partial charge in [0.2, 0.25) is 5.91 Å². The number of hydrogen-bond donors (Lipinski definition) is 2. The molecule has 142 valence electrons. The first-order chi connectivity index (χ1) is 12.9. The van der Waals surface area contributed by atoms with Gasteiger partial charge in [-0.2, -0.15) is 13.2 Å². The Morgan fingerprint density at radius 2 is 2.19 bits per heavy atom. The Labute approximate surface area is 152 Å². The van der Waals surface area contributed by atoms with Crippen LogP contribution < -0.4 is 10.2 Å². The van der Waals surface area contributed by atoms with Gasteiger partial charge in [-0.3, -0.25) is 4.79 Å². The lowest BCUT2D eigenvalue weighted by Crippen LogP contribution is -2.48. The van der Waals surface area contributed by atoms with Crippen LogP contribution in [0.5, 0.6) is 0 Å². The van der Waals surface area contributed by atoms with Gasteiger partial charge in [-0.25, -0.2) is 9.97 Å². The number of aromatic amines is 1. The number of halogens is 3. The third kappa shape index (κ3) is 3.67. The summed E-state index contributed by atoms with van der Waals surface area (Å²) in [7, 11) is 0. The van der Waals surface area contributed by atoms with E-state index in [-0.39, 0.29) is 6.04 Å². The molecule has 4 heterocycles.